The van der Waals surface area contributed by atoms with Gasteiger partial charge in [0.2, 0.25) is 5.91 Å². The predicted octanol–water partition coefficient (Wildman–Crippen LogP) is 2.17. The quantitative estimate of drug-likeness (QED) is 0.721. The van der Waals surface area contributed by atoms with E-state index in [-0.39, 0.29) is 37.2 Å². The molecule has 2 atom stereocenters. The maximum absolute atomic E-state index is 13.3. The molecule has 1 saturated carbocycles. The summed E-state index contributed by atoms with van der Waals surface area (Å²) < 4.78 is 0. The largest absolute Gasteiger partial charge is 0.481 e. The Bertz CT molecular complexity index is 832. The summed E-state index contributed by atoms with van der Waals surface area (Å²) in [7, 11) is 0. The van der Waals surface area contributed by atoms with E-state index in [1.165, 1.54) is 16.7 Å². The normalized spacial score (nSPS) is 20.4. The van der Waals surface area contributed by atoms with Crippen LogP contribution in [0.5, 0.6) is 0 Å². The molecule has 0 bridgehead atoms. The van der Waals surface area contributed by atoms with Crippen LogP contribution in [0.15, 0.2) is 24.3 Å². The first-order chi connectivity index (χ1) is 14.8. The minimum absolute atomic E-state index is 0.0854. The topological polar surface area (TPSA) is 107 Å². The van der Waals surface area contributed by atoms with Gasteiger partial charge >= 0.3 is 5.97 Å². The second kappa shape index (κ2) is 9.94. The van der Waals surface area contributed by atoms with Gasteiger partial charge < -0.3 is 20.2 Å². The maximum Gasteiger partial charge on any atom is 0.305 e. The standard InChI is InChI=1S/C23H31N3O5/c1-15-8-10-18(11-9-15)23(31)26-13-12-25(16(2)27)22(26)21(30)24-19(14-20(28)29)17-6-4-3-5-7-17/h8-11,17,19,22H,3-7,12-14H2,1-2H3,(H,24,30)(H,28,29). The van der Waals surface area contributed by atoms with Crippen LogP contribution in [0.25, 0.3) is 0 Å². The highest BCUT2D eigenvalue weighted by Crippen LogP contribution is 2.28. The molecule has 8 heteroatoms. The van der Waals surface area contributed by atoms with Crippen molar-refractivity contribution in [1.82, 2.24) is 15.1 Å². The molecule has 1 aromatic carbocycles. The Labute approximate surface area is 182 Å². The second-order valence-electron chi connectivity index (χ2n) is 8.56. The van der Waals surface area contributed by atoms with E-state index in [0.717, 1.165) is 37.7 Å². The molecular formula is C23H31N3O5. The highest BCUT2D eigenvalue weighted by molar-refractivity contribution is 5.99. The molecule has 2 unspecified atom stereocenters. The van der Waals surface area contributed by atoms with Crippen LogP contribution in [0, 0.1) is 12.8 Å². The van der Waals surface area contributed by atoms with Gasteiger partial charge in [-0.1, -0.05) is 37.0 Å². The van der Waals surface area contributed by atoms with E-state index in [4.69, 9.17) is 0 Å². The summed E-state index contributed by atoms with van der Waals surface area (Å²) in [5.74, 6) is -2.01. The first-order valence-corrected chi connectivity index (χ1v) is 10.9. The summed E-state index contributed by atoms with van der Waals surface area (Å²) >= 11 is 0. The molecule has 1 heterocycles. The van der Waals surface area contributed by atoms with E-state index in [1.807, 2.05) is 19.1 Å². The highest BCUT2D eigenvalue weighted by Gasteiger charge is 2.43. The average Bonchev–Trinajstić information content (AvgIpc) is 3.19. The van der Waals surface area contributed by atoms with Gasteiger partial charge in [-0.15, -0.1) is 0 Å². The van der Waals surface area contributed by atoms with E-state index in [9.17, 15) is 24.3 Å². The van der Waals surface area contributed by atoms with E-state index < -0.39 is 24.1 Å². The van der Waals surface area contributed by atoms with E-state index in [0.29, 0.717) is 5.56 Å². The Morgan fingerprint density at radius 1 is 1.03 bits per heavy atom. The van der Waals surface area contributed by atoms with Crippen LogP contribution in [0.3, 0.4) is 0 Å². The Balaban J connectivity index is 1.82. The lowest BCUT2D eigenvalue weighted by Crippen LogP contribution is -2.56. The minimum atomic E-state index is -1.08. The zero-order chi connectivity index (χ0) is 22.5. The fourth-order valence-electron chi connectivity index (χ4n) is 4.63. The van der Waals surface area contributed by atoms with Gasteiger partial charge in [-0.25, -0.2) is 0 Å². The number of hydrogen-bond donors (Lipinski definition) is 2. The van der Waals surface area contributed by atoms with Gasteiger partial charge in [-0.2, -0.15) is 0 Å². The molecule has 1 saturated heterocycles. The lowest BCUT2D eigenvalue weighted by atomic mass is 9.82. The summed E-state index contributed by atoms with van der Waals surface area (Å²) in [6.45, 7) is 3.80. The summed E-state index contributed by atoms with van der Waals surface area (Å²) in [4.78, 5) is 52.8. The van der Waals surface area contributed by atoms with Gasteiger partial charge in [0.1, 0.15) is 0 Å². The zero-order valence-electron chi connectivity index (χ0n) is 18.2. The first kappa shape index (κ1) is 22.8. The van der Waals surface area contributed by atoms with Crippen molar-refractivity contribution in [2.75, 3.05) is 13.1 Å². The second-order valence-corrected chi connectivity index (χ2v) is 8.56. The number of aryl methyl sites for hydroxylation is 1. The molecule has 1 aromatic rings. The Morgan fingerprint density at radius 2 is 1.65 bits per heavy atom. The molecule has 2 N–H and O–H groups in total. The Hall–Kier alpha value is -2.90. The van der Waals surface area contributed by atoms with Crippen LogP contribution in [0.2, 0.25) is 0 Å². The van der Waals surface area contributed by atoms with E-state index >= 15 is 0 Å². The molecule has 2 fully saturated rings. The SMILES string of the molecule is CC(=O)N1CCN(C(=O)c2ccc(C)cc2)C1C(=O)NC(CC(=O)O)C1CCCCC1. The van der Waals surface area contributed by atoms with Crippen molar-refractivity contribution in [3.8, 4) is 0 Å². The number of benzene rings is 1. The van der Waals surface area contributed by atoms with Crippen LogP contribution >= 0.6 is 0 Å². The van der Waals surface area contributed by atoms with Crippen LogP contribution in [0.1, 0.15) is 61.4 Å². The van der Waals surface area contributed by atoms with Crippen LogP contribution < -0.4 is 5.32 Å². The maximum atomic E-state index is 13.3. The molecule has 1 aliphatic heterocycles. The highest BCUT2D eigenvalue weighted by atomic mass is 16.4. The number of rotatable bonds is 6. The van der Waals surface area contributed by atoms with Crippen molar-refractivity contribution in [2.45, 2.75) is 64.6 Å². The van der Waals surface area contributed by atoms with Crippen molar-refractivity contribution in [2.24, 2.45) is 5.92 Å². The number of carbonyl (C=O) groups excluding carboxylic acids is 3. The number of nitrogens with zero attached hydrogens (tertiary/aromatic N) is 2. The molecule has 2 aliphatic rings. The zero-order valence-corrected chi connectivity index (χ0v) is 18.2. The number of aliphatic carboxylic acids is 1. The monoisotopic (exact) mass is 429 g/mol. The third kappa shape index (κ3) is 5.42. The van der Waals surface area contributed by atoms with Crippen molar-refractivity contribution in [3.05, 3.63) is 35.4 Å². The summed E-state index contributed by atoms with van der Waals surface area (Å²) in [5, 5.41) is 12.2. The van der Waals surface area contributed by atoms with E-state index in [1.54, 1.807) is 12.1 Å². The van der Waals surface area contributed by atoms with Gasteiger partial charge in [0, 0.05) is 31.6 Å². The van der Waals surface area contributed by atoms with Gasteiger partial charge in [0.05, 0.1) is 6.42 Å². The number of carboxylic acid groups (broad SMARTS) is 1. The number of nitrogens with one attached hydrogen (secondary N) is 1. The fourth-order valence-corrected chi connectivity index (χ4v) is 4.63. The molecular weight excluding hydrogens is 398 g/mol. The number of carbonyl (C=O) groups is 4. The molecule has 1 aliphatic carbocycles. The summed E-state index contributed by atoms with van der Waals surface area (Å²) in [6, 6.07) is 6.55. The average molecular weight is 430 g/mol. The summed E-state index contributed by atoms with van der Waals surface area (Å²) in [6.07, 6.45) is 3.62. The molecule has 0 radical (unpaired) electrons. The lowest BCUT2D eigenvalue weighted by molar-refractivity contribution is -0.142. The van der Waals surface area contributed by atoms with Crippen LogP contribution in [-0.2, 0) is 14.4 Å². The summed E-state index contributed by atoms with van der Waals surface area (Å²) in [5.41, 5.74) is 1.46. The van der Waals surface area contributed by atoms with Gasteiger partial charge in [0.25, 0.3) is 11.8 Å². The van der Waals surface area contributed by atoms with Gasteiger partial charge in [-0.3, -0.25) is 19.2 Å². The number of carboxylic acids is 1. The fraction of sp³-hybridized carbons (Fsp3) is 0.565. The molecule has 3 rings (SSSR count). The van der Waals surface area contributed by atoms with Gasteiger partial charge in [-0.05, 0) is 37.8 Å². The van der Waals surface area contributed by atoms with Crippen LogP contribution in [0.4, 0.5) is 0 Å². The number of hydrogen-bond acceptors (Lipinski definition) is 4. The van der Waals surface area contributed by atoms with Crippen molar-refractivity contribution >= 4 is 23.7 Å². The van der Waals surface area contributed by atoms with Crippen molar-refractivity contribution < 1.29 is 24.3 Å². The minimum Gasteiger partial charge on any atom is -0.481 e. The number of amides is 3. The first-order valence-electron chi connectivity index (χ1n) is 10.9. The molecule has 8 nitrogen and oxygen atoms in total. The van der Waals surface area contributed by atoms with Crippen molar-refractivity contribution in [3.63, 3.8) is 0 Å². The molecule has 168 valence electrons. The third-order valence-electron chi connectivity index (χ3n) is 6.31. The van der Waals surface area contributed by atoms with Gasteiger partial charge in [0.15, 0.2) is 6.17 Å². The Morgan fingerprint density at radius 3 is 2.23 bits per heavy atom. The molecule has 3 amide bonds. The van der Waals surface area contributed by atoms with E-state index in [2.05, 4.69) is 5.32 Å². The smallest absolute Gasteiger partial charge is 0.305 e. The van der Waals surface area contributed by atoms with Crippen LogP contribution in [-0.4, -0.2) is 63.9 Å². The third-order valence-corrected chi connectivity index (χ3v) is 6.31. The molecule has 31 heavy (non-hydrogen) atoms. The lowest BCUT2D eigenvalue weighted by Gasteiger charge is -2.34. The molecule has 0 spiro atoms. The molecule has 0 aromatic heterocycles. The predicted molar refractivity (Wildman–Crippen MR) is 114 cm³/mol. The Kier molecular flexibility index (Phi) is 7.30. The van der Waals surface area contributed by atoms with Crippen molar-refractivity contribution in [1.29, 1.82) is 0 Å².